The lowest BCUT2D eigenvalue weighted by atomic mass is 9.92. The van der Waals surface area contributed by atoms with Crippen LogP contribution < -0.4 is 0 Å². The van der Waals surface area contributed by atoms with Crippen molar-refractivity contribution in [2.24, 2.45) is 13.0 Å². The van der Waals surface area contributed by atoms with Crippen LogP contribution >= 0.6 is 0 Å². The van der Waals surface area contributed by atoms with Crippen LogP contribution in [0.1, 0.15) is 25.6 Å². The van der Waals surface area contributed by atoms with E-state index in [0.29, 0.717) is 5.92 Å². The third kappa shape index (κ3) is 2.41. The summed E-state index contributed by atoms with van der Waals surface area (Å²) in [6.45, 7) is 4.88. The summed E-state index contributed by atoms with van der Waals surface area (Å²) in [4.78, 5) is 6.58. The number of hydrogen-bond acceptors (Lipinski definition) is 4. The molecule has 0 spiro atoms. The smallest absolute Gasteiger partial charge is 0.140 e. The van der Waals surface area contributed by atoms with Crippen molar-refractivity contribution in [2.75, 3.05) is 13.1 Å². The van der Waals surface area contributed by atoms with E-state index < -0.39 is 0 Å². The molecule has 0 bridgehead atoms. The maximum atomic E-state index is 9.81. The van der Waals surface area contributed by atoms with Gasteiger partial charge in [-0.25, -0.2) is 4.98 Å². The van der Waals surface area contributed by atoms with Crippen LogP contribution in [0.15, 0.2) is 6.33 Å². The third-order valence-electron chi connectivity index (χ3n) is 3.47. The first-order chi connectivity index (χ1) is 7.70. The van der Waals surface area contributed by atoms with Crippen molar-refractivity contribution in [3.05, 3.63) is 12.2 Å². The largest absolute Gasteiger partial charge is 0.393 e. The van der Waals surface area contributed by atoms with E-state index in [4.69, 9.17) is 0 Å². The molecule has 2 unspecified atom stereocenters. The highest BCUT2D eigenvalue weighted by Gasteiger charge is 2.26. The van der Waals surface area contributed by atoms with Crippen LogP contribution in [-0.4, -0.2) is 44.0 Å². The quantitative estimate of drug-likeness (QED) is 0.808. The van der Waals surface area contributed by atoms with Gasteiger partial charge in [0, 0.05) is 20.1 Å². The molecule has 1 fully saturated rings. The van der Waals surface area contributed by atoms with E-state index in [0.717, 1.165) is 38.3 Å². The first-order valence-corrected chi connectivity index (χ1v) is 5.94. The molecule has 16 heavy (non-hydrogen) atoms. The van der Waals surface area contributed by atoms with Gasteiger partial charge in [0.2, 0.25) is 0 Å². The minimum absolute atomic E-state index is 0.124. The van der Waals surface area contributed by atoms with E-state index in [-0.39, 0.29) is 6.10 Å². The lowest BCUT2D eigenvalue weighted by molar-refractivity contribution is 0.0209. The second kappa shape index (κ2) is 4.93. The number of nitrogens with zero attached hydrogens (tertiary/aromatic N) is 4. The number of piperidine rings is 1. The van der Waals surface area contributed by atoms with Gasteiger partial charge < -0.3 is 5.11 Å². The standard InChI is InChI=1S/C11H20N4O/c1-3-9-6-15(5-4-10(9)16)7-11-12-8-13-14(11)2/h8-10,16H,3-7H2,1-2H3. The van der Waals surface area contributed by atoms with Crippen molar-refractivity contribution in [2.45, 2.75) is 32.4 Å². The monoisotopic (exact) mass is 224 g/mol. The zero-order chi connectivity index (χ0) is 11.5. The summed E-state index contributed by atoms with van der Waals surface area (Å²) in [6.07, 6.45) is 3.37. The Bertz CT molecular complexity index is 338. The van der Waals surface area contributed by atoms with E-state index in [9.17, 15) is 5.11 Å². The Balaban J connectivity index is 1.94. The average Bonchev–Trinajstić information content (AvgIpc) is 2.67. The zero-order valence-corrected chi connectivity index (χ0v) is 10.0. The predicted molar refractivity (Wildman–Crippen MR) is 60.7 cm³/mol. The average molecular weight is 224 g/mol. The molecule has 90 valence electrons. The number of aromatic nitrogens is 3. The van der Waals surface area contributed by atoms with Gasteiger partial charge in [-0.1, -0.05) is 6.92 Å². The molecule has 0 radical (unpaired) electrons. The number of aliphatic hydroxyl groups excluding tert-OH is 1. The van der Waals surface area contributed by atoms with Crippen LogP contribution in [0.5, 0.6) is 0 Å². The summed E-state index contributed by atoms with van der Waals surface area (Å²) >= 11 is 0. The maximum absolute atomic E-state index is 9.81. The van der Waals surface area contributed by atoms with Crippen molar-refractivity contribution in [1.29, 1.82) is 0 Å². The minimum Gasteiger partial charge on any atom is -0.393 e. The molecule has 0 amide bonds. The molecule has 1 N–H and O–H groups in total. The predicted octanol–water partition coefficient (Wildman–Crippen LogP) is 0.408. The number of aryl methyl sites for hydroxylation is 1. The number of hydrogen-bond donors (Lipinski definition) is 1. The van der Waals surface area contributed by atoms with Gasteiger partial charge in [-0.3, -0.25) is 9.58 Å². The Labute approximate surface area is 96.1 Å². The molecule has 2 atom stereocenters. The van der Waals surface area contributed by atoms with Gasteiger partial charge in [0.25, 0.3) is 0 Å². The normalized spacial score (nSPS) is 27.2. The maximum Gasteiger partial charge on any atom is 0.140 e. The van der Waals surface area contributed by atoms with Crippen molar-refractivity contribution in [1.82, 2.24) is 19.7 Å². The van der Waals surface area contributed by atoms with Gasteiger partial charge in [-0.05, 0) is 18.8 Å². The highest BCUT2D eigenvalue weighted by atomic mass is 16.3. The molecule has 1 aromatic heterocycles. The van der Waals surface area contributed by atoms with Gasteiger partial charge in [0.15, 0.2) is 0 Å². The molecule has 1 saturated heterocycles. The highest BCUT2D eigenvalue weighted by molar-refractivity contribution is 4.87. The lowest BCUT2D eigenvalue weighted by Gasteiger charge is -2.35. The molecule has 2 rings (SSSR count). The highest BCUT2D eigenvalue weighted by Crippen LogP contribution is 2.20. The minimum atomic E-state index is -0.124. The van der Waals surface area contributed by atoms with Crippen LogP contribution in [0.25, 0.3) is 0 Å². The Morgan fingerprint density at radius 3 is 3.00 bits per heavy atom. The summed E-state index contributed by atoms with van der Waals surface area (Å²) < 4.78 is 1.81. The Kier molecular flexibility index (Phi) is 3.56. The first kappa shape index (κ1) is 11.5. The molecule has 0 aliphatic carbocycles. The Morgan fingerprint density at radius 2 is 2.38 bits per heavy atom. The van der Waals surface area contributed by atoms with Crippen LogP contribution in [0.4, 0.5) is 0 Å². The number of likely N-dealkylation sites (tertiary alicyclic amines) is 1. The fraction of sp³-hybridized carbons (Fsp3) is 0.818. The molecule has 0 saturated carbocycles. The van der Waals surface area contributed by atoms with Crippen molar-refractivity contribution in [3.8, 4) is 0 Å². The molecule has 5 nitrogen and oxygen atoms in total. The van der Waals surface area contributed by atoms with Crippen LogP contribution in [0.3, 0.4) is 0 Å². The van der Waals surface area contributed by atoms with Crippen LogP contribution in [0, 0.1) is 5.92 Å². The summed E-state index contributed by atoms with van der Waals surface area (Å²) in [5.41, 5.74) is 0. The van der Waals surface area contributed by atoms with Gasteiger partial charge in [-0.2, -0.15) is 5.10 Å². The van der Waals surface area contributed by atoms with Gasteiger partial charge >= 0.3 is 0 Å². The molecular formula is C11H20N4O. The van der Waals surface area contributed by atoms with E-state index in [2.05, 4.69) is 21.9 Å². The number of aliphatic hydroxyl groups is 1. The van der Waals surface area contributed by atoms with Crippen molar-refractivity contribution in [3.63, 3.8) is 0 Å². The third-order valence-corrected chi connectivity index (χ3v) is 3.47. The molecule has 5 heteroatoms. The molecule has 1 aliphatic heterocycles. The van der Waals surface area contributed by atoms with Gasteiger partial charge in [0.05, 0.1) is 12.6 Å². The SMILES string of the molecule is CCC1CN(Cc2ncnn2C)CCC1O. The summed E-state index contributed by atoms with van der Waals surface area (Å²) in [5.74, 6) is 1.40. The summed E-state index contributed by atoms with van der Waals surface area (Å²) in [5, 5.41) is 13.9. The lowest BCUT2D eigenvalue weighted by Crippen LogP contribution is -2.42. The van der Waals surface area contributed by atoms with Gasteiger partial charge in [0.1, 0.15) is 12.2 Å². The molecule has 2 heterocycles. The molecule has 0 aromatic carbocycles. The number of rotatable bonds is 3. The van der Waals surface area contributed by atoms with E-state index in [1.165, 1.54) is 0 Å². The second-order valence-electron chi connectivity index (χ2n) is 4.56. The fourth-order valence-electron chi connectivity index (χ4n) is 2.30. The van der Waals surface area contributed by atoms with E-state index in [1.807, 2.05) is 11.7 Å². The van der Waals surface area contributed by atoms with E-state index in [1.54, 1.807) is 6.33 Å². The Hall–Kier alpha value is -0.940. The molecule has 1 aromatic rings. The van der Waals surface area contributed by atoms with Crippen molar-refractivity contribution < 1.29 is 5.11 Å². The topological polar surface area (TPSA) is 54.2 Å². The van der Waals surface area contributed by atoms with E-state index >= 15 is 0 Å². The van der Waals surface area contributed by atoms with Crippen molar-refractivity contribution >= 4 is 0 Å². The fourth-order valence-corrected chi connectivity index (χ4v) is 2.30. The molecule has 1 aliphatic rings. The first-order valence-electron chi connectivity index (χ1n) is 5.94. The second-order valence-corrected chi connectivity index (χ2v) is 4.56. The zero-order valence-electron chi connectivity index (χ0n) is 10.0. The molecular weight excluding hydrogens is 204 g/mol. The summed E-state index contributed by atoms with van der Waals surface area (Å²) in [6, 6.07) is 0. The Morgan fingerprint density at radius 1 is 1.56 bits per heavy atom. The van der Waals surface area contributed by atoms with Crippen LogP contribution in [0.2, 0.25) is 0 Å². The summed E-state index contributed by atoms with van der Waals surface area (Å²) in [7, 11) is 1.92. The van der Waals surface area contributed by atoms with Crippen LogP contribution in [-0.2, 0) is 13.6 Å². The van der Waals surface area contributed by atoms with Gasteiger partial charge in [-0.15, -0.1) is 0 Å².